The Bertz CT molecular complexity index is 920. The Morgan fingerprint density at radius 1 is 0.917 bits per heavy atom. The predicted octanol–water partition coefficient (Wildman–Crippen LogP) is -4.57. The zero-order chi connectivity index (χ0) is 27.0. The molecule has 2 unspecified atom stereocenters. The number of amides is 3. The number of aliphatic hydroxyl groups is 6. The zero-order valence-electron chi connectivity index (χ0n) is 18.1. The number of rotatable bonds is 9. The zero-order valence-corrected chi connectivity index (χ0v) is 19.9. The van der Waals surface area contributed by atoms with Gasteiger partial charge in [0.25, 0.3) is 0 Å². The van der Waals surface area contributed by atoms with Gasteiger partial charge in [-0.05, 0) is 0 Å². The van der Waals surface area contributed by atoms with E-state index >= 15 is 0 Å². The fourth-order valence-corrected chi connectivity index (χ4v) is 5.73. The molecule has 0 aliphatic carbocycles. The van der Waals surface area contributed by atoms with Crippen LogP contribution in [-0.2, 0) is 36.8 Å². The van der Waals surface area contributed by atoms with Crippen molar-refractivity contribution in [3.63, 3.8) is 0 Å². The van der Waals surface area contributed by atoms with Gasteiger partial charge in [0.15, 0.2) is 12.5 Å². The summed E-state index contributed by atoms with van der Waals surface area (Å²) in [6, 6.07) is -0.910. The Labute approximate surface area is 201 Å². The highest BCUT2D eigenvalue weighted by molar-refractivity contribution is 7.61. The van der Waals surface area contributed by atoms with E-state index in [0.29, 0.717) is 0 Å². The first-order valence-electron chi connectivity index (χ1n) is 10.3. The monoisotopic (exact) mass is 568 g/mol. The molecule has 3 aliphatic heterocycles. The van der Waals surface area contributed by atoms with Crippen LogP contribution < -0.4 is 5.32 Å². The van der Waals surface area contributed by atoms with Gasteiger partial charge in [-0.3, -0.25) is 24.1 Å². The molecule has 3 amide bonds. The number of phosphoric acid groups is 2. The molecule has 0 radical (unpaired) electrons. The van der Waals surface area contributed by atoms with Gasteiger partial charge >= 0.3 is 21.7 Å². The molecule has 0 aromatic carbocycles. The largest absolute Gasteiger partial charge is 0.483 e. The Morgan fingerprint density at radius 3 is 2.17 bits per heavy atom. The molecular formula is C15H26N2O17P2. The molecule has 21 heteroatoms. The molecule has 0 aromatic heterocycles. The maximum atomic E-state index is 12.2. The van der Waals surface area contributed by atoms with Gasteiger partial charge in [-0.1, -0.05) is 0 Å². The minimum Gasteiger partial charge on any atom is -0.394 e. The lowest BCUT2D eigenvalue weighted by Gasteiger charge is -2.39. The number of hydrogen-bond acceptors (Lipinski definition) is 15. The van der Waals surface area contributed by atoms with E-state index in [1.165, 1.54) is 0 Å². The normalized spacial score (nSPS) is 41.0. The van der Waals surface area contributed by atoms with E-state index in [4.69, 9.17) is 14.6 Å². The van der Waals surface area contributed by atoms with Crippen LogP contribution >= 0.6 is 15.6 Å². The summed E-state index contributed by atoms with van der Waals surface area (Å²) in [5, 5.41) is 60.6. The van der Waals surface area contributed by atoms with Crippen molar-refractivity contribution in [2.75, 3.05) is 19.8 Å². The molecule has 3 heterocycles. The quantitative estimate of drug-likeness (QED) is 0.118. The number of nitrogens with zero attached hydrogens (tertiary/aromatic N) is 1. The third-order valence-electron chi connectivity index (χ3n) is 5.43. The van der Waals surface area contributed by atoms with Crippen molar-refractivity contribution >= 4 is 27.6 Å². The van der Waals surface area contributed by atoms with Crippen LogP contribution in [0, 0.1) is 0 Å². The summed E-state index contributed by atoms with van der Waals surface area (Å²) in [7, 11) is -11.1. The highest BCUT2D eigenvalue weighted by Gasteiger charge is 2.50. The molecule has 3 rings (SSSR count). The van der Waals surface area contributed by atoms with E-state index in [0.717, 1.165) is 4.90 Å². The second-order valence-electron chi connectivity index (χ2n) is 7.96. The fourth-order valence-electron chi connectivity index (χ4n) is 3.57. The molecule has 3 aliphatic rings. The number of phosphoric ester groups is 2. The number of carbonyl (C=O) groups is 2. The average Bonchev–Trinajstić information content (AvgIpc) is 3.06. The Hall–Kier alpha value is -1.12. The minimum absolute atomic E-state index is 0.116. The third-order valence-corrected chi connectivity index (χ3v) is 8.03. The second-order valence-corrected chi connectivity index (χ2v) is 11.0. The van der Waals surface area contributed by atoms with Gasteiger partial charge in [0, 0.05) is 13.0 Å². The first-order chi connectivity index (χ1) is 16.7. The maximum absolute atomic E-state index is 12.2. The fraction of sp³-hybridized carbons (Fsp3) is 0.867. The molecular weight excluding hydrogens is 542 g/mol. The molecule has 3 saturated heterocycles. The van der Waals surface area contributed by atoms with Crippen molar-refractivity contribution in [1.82, 2.24) is 10.2 Å². The number of ether oxygens (including phenoxy) is 2. The summed E-state index contributed by atoms with van der Waals surface area (Å²) in [6.07, 6.45) is -16.2. The average molecular weight is 568 g/mol. The van der Waals surface area contributed by atoms with E-state index in [1.54, 1.807) is 0 Å². The maximum Gasteiger partial charge on any atom is 0.483 e. The predicted molar refractivity (Wildman–Crippen MR) is 107 cm³/mol. The number of aliphatic hydroxyl groups excluding tert-OH is 6. The van der Waals surface area contributed by atoms with E-state index in [-0.39, 0.29) is 13.0 Å². The van der Waals surface area contributed by atoms with Crippen LogP contribution in [0.25, 0.3) is 0 Å². The summed E-state index contributed by atoms with van der Waals surface area (Å²) in [5.74, 6) is -0.568. The van der Waals surface area contributed by atoms with Crippen molar-refractivity contribution in [2.45, 2.75) is 61.7 Å². The SMILES string of the molecule is O=C1CCN([C@@H]2O[C@H](COP(=O)(O)OP(=O)(O)O[C@H]3O[C@H](CO)[C@@H](O)[C@H](O)[C@H]3O)[C@@H](O)[C@H]2O)C(=O)N1. The van der Waals surface area contributed by atoms with Crippen molar-refractivity contribution in [1.29, 1.82) is 0 Å². The van der Waals surface area contributed by atoms with E-state index < -0.39 is 96.0 Å². The summed E-state index contributed by atoms with van der Waals surface area (Å²) in [4.78, 5) is 43.7. The van der Waals surface area contributed by atoms with Crippen LogP contribution in [-0.4, -0.2) is 132 Å². The lowest BCUT2D eigenvalue weighted by Crippen LogP contribution is -2.58. The van der Waals surface area contributed by atoms with Crippen molar-refractivity contribution in [3.05, 3.63) is 0 Å². The highest BCUT2D eigenvalue weighted by Crippen LogP contribution is 2.61. The van der Waals surface area contributed by atoms with Gasteiger partial charge < -0.3 is 49.9 Å². The van der Waals surface area contributed by atoms with Crippen LogP contribution in [0.15, 0.2) is 0 Å². The van der Waals surface area contributed by atoms with Crippen molar-refractivity contribution in [2.24, 2.45) is 0 Å². The smallest absolute Gasteiger partial charge is 0.394 e. The second kappa shape index (κ2) is 11.3. The summed E-state index contributed by atoms with van der Waals surface area (Å²) in [5.41, 5.74) is 0. The van der Waals surface area contributed by atoms with Gasteiger partial charge in [-0.25, -0.2) is 13.9 Å². The van der Waals surface area contributed by atoms with Gasteiger partial charge in [0.1, 0.15) is 42.7 Å². The first-order valence-corrected chi connectivity index (χ1v) is 13.3. The lowest BCUT2D eigenvalue weighted by molar-refractivity contribution is -0.280. The number of urea groups is 1. The molecule has 208 valence electrons. The van der Waals surface area contributed by atoms with Crippen LogP contribution in [0.4, 0.5) is 4.79 Å². The highest BCUT2D eigenvalue weighted by atomic mass is 31.3. The van der Waals surface area contributed by atoms with E-state index in [9.17, 15) is 54.0 Å². The topological polar surface area (TPSA) is 292 Å². The Kier molecular flexibility index (Phi) is 9.26. The van der Waals surface area contributed by atoms with Crippen molar-refractivity contribution < 1.29 is 82.0 Å². The van der Waals surface area contributed by atoms with Gasteiger partial charge in [0.05, 0.1) is 13.2 Å². The van der Waals surface area contributed by atoms with Crippen molar-refractivity contribution in [3.8, 4) is 0 Å². The number of hydrogen-bond donors (Lipinski definition) is 9. The standard InChI is InChI=1S/C15H26N2O17P2/c18-3-5-8(20)10(22)12(24)14(32-5)33-36(28,29)34-35(26,27)30-4-6-9(21)11(23)13(31-6)17-2-1-7(19)16-15(17)25/h5-6,8-14,18,20-24H,1-4H2,(H,26,27)(H,28,29)(H,16,19,25)/t5-,6-,8-,9-,10+,11-,12-,13-,14-/m1/s1. The van der Waals surface area contributed by atoms with Crippen LogP contribution in [0.5, 0.6) is 0 Å². The lowest BCUT2D eigenvalue weighted by atomic mass is 10.00. The summed E-state index contributed by atoms with van der Waals surface area (Å²) in [6.45, 7) is -2.05. The van der Waals surface area contributed by atoms with Gasteiger partial charge in [0.2, 0.25) is 5.91 Å². The summed E-state index contributed by atoms with van der Waals surface area (Å²) < 4.78 is 47.5. The first kappa shape index (κ1) is 29.4. The summed E-state index contributed by atoms with van der Waals surface area (Å²) >= 11 is 0. The molecule has 0 bridgehead atoms. The number of imide groups is 1. The van der Waals surface area contributed by atoms with Crippen LogP contribution in [0.3, 0.4) is 0 Å². The number of carbonyl (C=O) groups excluding carboxylic acids is 2. The Morgan fingerprint density at radius 2 is 1.56 bits per heavy atom. The van der Waals surface area contributed by atoms with Crippen LogP contribution in [0.2, 0.25) is 0 Å². The molecule has 0 saturated carbocycles. The van der Waals surface area contributed by atoms with Crippen LogP contribution in [0.1, 0.15) is 6.42 Å². The molecule has 19 nitrogen and oxygen atoms in total. The molecule has 9 N–H and O–H groups in total. The molecule has 3 fully saturated rings. The molecule has 0 spiro atoms. The third kappa shape index (κ3) is 6.65. The molecule has 36 heavy (non-hydrogen) atoms. The van der Waals surface area contributed by atoms with Gasteiger partial charge in [-0.2, -0.15) is 4.31 Å². The minimum atomic E-state index is -5.58. The molecule has 11 atom stereocenters. The van der Waals surface area contributed by atoms with Gasteiger partial charge in [-0.15, -0.1) is 0 Å². The molecule has 0 aromatic rings. The Balaban J connectivity index is 1.57. The number of nitrogens with one attached hydrogen (secondary N) is 1. The van der Waals surface area contributed by atoms with E-state index in [2.05, 4.69) is 13.4 Å². The van der Waals surface area contributed by atoms with E-state index in [1.807, 2.05) is 5.32 Å².